The number of hydrogen-bond donors (Lipinski definition) is 0. The van der Waals surface area contributed by atoms with Gasteiger partial charge in [0.15, 0.2) is 0 Å². The van der Waals surface area contributed by atoms with Crippen LogP contribution < -0.4 is 0 Å². The minimum absolute atomic E-state index is 0.326. The monoisotopic (exact) mass is 145 g/mol. The van der Waals surface area contributed by atoms with Crippen LogP contribution in [0.4, 0.5) is 0 Å². The highest BCUT2D eigenvalue weighted by Crippen LogP contribution is 2.02. The zero-order valence-corrected chi connectivity index (χ0v) is 6.11. The van der Waals surface area contributed by atoms with Gasteiger partial charge >= 0.3 is 0 Å². The summed E-state index contributed by atoms with van der Waals surface area (Å²) in [5.74, 6) is 2.31. The molecule has 0 aliphatic heterocycles. The second-order valence-electron chi connectivity index (χ2n) is 1.70. The van der Waals surface area contributed by atoms with Crippen molar-refractivity contribution in [1.29, 1.82) is 0 Å². The van der Waals surface area contributed by atoms with Crippen LogP contribution in [-0.4, -0.2) is 14.0 Å². The summed E-state index contributed by atoms with van der Waals surface area (Å²) in [7, 11) is 0. The van der Waals surface area contributed by atoms with E-state index in [-0.39, 0.29) is 5.25 Å². The maximum absolute atomic E-state index is 10.2. The first-order valence-corrected chi connectivity index (χ1v) is 3.87. The third-order valence-corrected chi connectivity index (χ3v) is 2.12. The molecule has 0 N–H and O–H groups in total. The molecule has 0 spiro atoms. The minimum Gasteiger partial charge on any atom is -0.772 e. The second-order valence-corrected chi connectivity index (χ2v) is 2.89. The van der Waals surface area contributed by atoms with Crippen LogP contribution in [0, 0.1) is 12.3 Å². The lowest BCUT2D eigenvalue weighted by Gasteiger charge is -2.13. The van der Waals surface area contributed by atoms with Crippen LogP contribution in [0.2, 0.25) is 0 Å². The molecule has 3 heteroatoms. The molecule has 0 aromatic rings. The first kappa shape index (κ1) is 8.67. The quantitative estimate of drug-likeness (QED) is 0.432. The molecule has 0 saturated carbocycles. The van der Waals surface area contributed by atoms with Crippen molar-refractivity contribution in [3.63, 3.8) is 0 Å². The molecule has 0 saturated heterocycles. The van der Waals surface area contributed by atoms with Gasteiger partial charge in [0.25, 0.3) is 0 Å². The van der Waals surface area contributed by atoms with Gasteiger partial charge in [-0.3, -0.25) is 4.21 Å². The van der Waals surface area contributed by atoms with Crippen molar-refractivity contribution in [3.8, 4) is 12.3 Å². The van der Waals surface area contributed by atoms with Crippen molar-refractivity contribution in [2.24, 2.45) is 0 Å². The Hall–Kier alpha value is -0.330. The molecule has 0 bridgehead atoms. The maximum Gasteiger partial charge on any atom is 0.0322 e. The molecule has 0 aliphatic carbocycles. The summed E-state index contributed by atoms with van der Waals surface area (Å²) in [4.78, 5) is 0. The fraction of sp³-hybridized carbons (Fsp3) is 0.667. The van der Waals surface area contributed by atoms with Crippen LogP contribution in [0.1, 0.15) is 19.8 Å². The maximum atomic E-state index is 10.2. The fourth-order valence-corrected chi connectivity index (χ4v) is 0.984. The predicted octanol–water partition coefficient (Wildman–Crippen LogP) is 0.667. The van der Waals surface area contributed by atoms with E-state index in [4.69, 9.17) is 6.42 Å². The molecule has 0 aromatic heterocycles. The molecule has 2 unspecified atom stereocenters. The van der Waals surface area contributed by atoms with Gasteiger partial charge in [0.2, 0.25) is 0 Å². The lowest BCUT2D eigenvalue weighted by molar-refractivity contribution is 0.519. The Kier molecular flexibility index (Phi) is 4.37. The highest BCUT2D eigenvalue weighted by molar-refractivity contribution is 7.79. The summed E-state index contributed by atoms with van der Waals surface area (Å²) in [6, 6.07) is 0. The highest BCUT2D eigenvalue weighted by atomic mass is 32.2. The largest absolute Gasteiger partial charge is 0.772 e. The van der Waals surface area contributed by atoms with Crippen LogP contribution in [0.5, 0.6) is 0 Å². The smallest absolute Gasteiger partial charge is 0.0322 e. The number of terminal acetylenes is 1. The third kappa shape index (κ3) is 3.28. The van der Waals surface area contributed by atoms with E-state index in [9.17, 15) is 8.76 Å². The molecule has 2 nitrogen and oxygen atoms in total. The van der Waals surface area contributed by atoms with Crippen molar-refractivity contribution in [3.05, 3.63) is 0 Å². The van der Waals surface area contributed by atoms with E-state index in [1.54, 1.807) is 6.92 Å². The van der Waals surface area contributed by atoms with E-state index in [2.05, 4.69) is 5.92 Å². The molecular formula is C6H9O2S-. The summed E-state index contributed by atoms with van der Waals surface area (Å²) >= 11 is -2.00. The van der Waals surface area contributed by atoms with E-state index in [0.717, 1.165) is 0 Å². The molecule has 0 radical (unpaired) electrons. The molecule has 0 rings (SSSR count). The zero-order chi connectivity index (χ0) is 7.28. The van der Waals surface area contributed by atoms with E-state index < -0.39 is 11.1 Å². The number of rotatable bonds is 3. The Balaban J connectivity index is 3.71. The van der Waals surface area contributed by atoms with Gasteiger partial charge in [0, 0.05) is 11.7 Å². The van der Waals surface area contributed by atoms with Gasteiger partial charge in [-0.2, -0.15) is 0 Å². The Morgan fingerprint density at radius 3 is 2.56 bits per heavy atom. The van der Waals surface area contributed by atoms with Gasteiger partial charge in [-0.1, -0.05) is 18.0 Å². The molecule has 9 heavy (non-hydrogen) atoms. The third-order valence-electron chi connectivity index (χ3n) is 1.07. The predicted molar refractivity (Wildman–Crippen MR) is 36.4 cm³/mol. The summed E-state index contributed by atoms with van der Waals surface area (Å²) in [5, 5.41) is -0.352. The van der Waals surface area contributed by atoms with Crippen molar-refractivity contribution < 1.29 is 8.76 Å². The highest BCUT2D eigenvalue weighted by Gasteiger charge is 2.02. The van der Waals surface area contributed by atoms with Crippen molar-refractivity contribution in [2.75, 3.05) is 0 Å². The second kappa shape index (κ2) is 4.54. The van der Waals surface area contributed by atoms with E-state index >= 15 is 0 Å². The first-order chi connectivity index (χ1) is 4.22. The molecule has 0 aromatic carbocycles. The van der Waals surface area contributed by atoms with Crippen LogP contribution in [0.25, 0.3) is 0 Å². The van der Waals surface area contributed by atoms with E-state index in [1.165, 1.54) is 0 Å². The molecular weight excluding hydrogens is 136 g/mol. The average Bonchev–Trinajstić information content (AvgIpc) is 1.82. The molecule has 0 aliphatic rings. The van der Waals surface area contributed by atoms with E-state index in [0.29, 0.717) is 12.8 Å². The van der Waals surface area contributed by atoms with Gasteiger partial charge in [-0.15, -0.1) is 12.3 Å². The lowest BCUT2D eigenvalue weighted by atomic mass is 10.2. The first-order valence-electron chi connectivity index (χ1n) is 2.73. The summed E-state index contributed by atoms with van der Waals surface area (Å²) in [6.07, 6.45) is 5.84. The molecule has 0 heterocycles. The fourth-order valence-electron chi connectivity index (χ4n) is 0.480. The average molecular weight is 145 g/mol. The van der Waals surface area contributed by atoms with Gasteiger partial charge in [0.1, 0.15) is 0 Å². The zero-order valence-electron chi connectivity index (χ0n) is 5.29. The Bertz CT molecular complexity index is 136. The van der Waals surface area contributed by atoms with Gasteiger partial charge < -0.3 is 4.55 Å². The Morgan fingerprint density at radius 2 is 2.44 bits per heavy atom. The lowest BCUT2D eigenvalue weighted by Crippen LogP contribution is -2.11. The van der Waals surface area contributed by atoms with Gasteiger partial charge in [0.05, 0.1) is 0 Å². The SMILES string of the molecule is C#CCC(CC)S(=O)[O-]. The van der Waals surface area contributed by atoms with Crippen LogP contribution in [-0.2, 0) is 11.1 Å². The normalized spacial score (nSPS) is 16.1. The van der Waals surface area contributed by atoms with Gasteiger partial charge in [-0.05, 0) is 6.42 Å². The summed E-state index contributed by atoms with van der Waals surface area (Å²) in [6.45, 7) is 1.80. The van der Waals surface area contributed by atoms with E-state index in [1.807, 2.05) is 0 Å². The van der Waals surface area contributed by atoms with Crippen LogP contribution >= 0.6 is 0 Å². The molecule has 2 atom stereocenters. The minimum atomic E-state index is -2.00. The topological polar surface area (TPSA) is 40.1 Å². The van der Waals surface area contributed by atoms with Crippen LogP contribution in [0.3, 0.4) is 0 Å². The summed E-state index contributed by atoms with van der Waals surface area (Å²) in [5.41, 5.74) is 0. The number of hydrogen-bond acceptors (Lipinski definition) is 2. The molecule has 0 amide bonds. The Morgan fingerprint density at radius 1 is 1.89 bits per heavy atom. The van der Waals surface area contributed by atoms with Gasteiger partial charge in [-0.25, -0.2) is 0 Å². The Labute approximate surface area is 57.9 Å². The molecule has 52 valence electrons. The van der Waals surface area contributed by atoms with Crippen molar-refractivity contribution in [1.82, 2.24) is 0 Å². The molecule has 0 fully saturated rings. The standard InChI is InChI=1S/C6H10O2S/c1-3-5-6(4-2)9(7)8/h1,6H,4-5H2,2H3,(H,7,8)/p-1. The van der Waals surface area contributed by atoms with Crippen molar-refractivity contribution in [2.45, 2.75) is 25.0 Å². The van der Waals surface area contributed by atoms with Crippen LogP contribution in [0.15, 0.2) is 0 Å². The summed E-state index contributed by atoms with van der Waals surface area (Å²) < 4.78 is 20.4. The van der Waals surface area contributed by atoms with Crippen molar-refractivity contribution >= 4 is 11.1 Å².